The summed E-state index contributed by atoms with van der Waals surface area (Å²) in [6, 6.07) is 7.23. The highest BCUT2D eigenvalue weighted by Gasteiger charge is 2.38. The molecule has 1 aliphatic heterocycles. The number of hydrogen-bond donors (Lipinski definition) is 2. The van der Waals surface area contributed by atoms with Crippen LogP contribution < -0.4 is 9.62 Å². The van der Waals surface area contributed by atoms with Crippen molar-refractivity contribution in [3.8, 4) is 5.75 Å². The number of halogens is 2. The van der Waals surface area contributed by atoms with Crippen molar-refractivity contribution in [1.29, 1.82) is 0 Å². The molecule has 2 heterocycles. The van der Waals surface area contributed by atoms with Gasteiger partial charge in [-0.15, -0.1) is 0 Å². The minimum atomic E-state index is -3.44. The molecule has 2 atom stereocenters. The maximum atomic E-state index is 13.6. The maximum Gasteiger partial charge on any atom is 0.209 e. The molecular weight excluding hydrogens is 452 g/mol. The van der Waals surface area contributed by atoms with E-state index in [2.05, 4.69) is 9.71 Å². The van der Waals surface area contributed by atoms with Gasteiger partial charge in [0, 0.05) is 18.7 Å². The summed E-state index contributed by atoms with van der Waals surface area (Å²) in [5.74, 6) is -0.872. The summed E-state index contributed by atoms with van der Waals surface area (Å²) in [7, 11) is -3.44. The molecule has 180 valence electrons. The molecule has 1 saturated heterocycles. The summed E-state index contributed by atoms with van der Waals surface area (Å²) >= 11 is 0. The largest absolute Gasteiger partial charge is 0.505 e. The molecule has 2 aromatic rings. The molecule has 10 heteroatoms. The summed E-state index contributed by atoms with van der Waals surface area (Å²) in [6.07, 6.45) is 6.05. The number of aromatic nitrogens is 1. The fourth-order valence-corrected chi connectivity index (χ4v) is 5.71. The number of pyridine rings is 1. The molecule has 2 aliphatic rings. The Morgan fingerprint density at radius 1 is 1.18 bits per heavy atom. The third-order valence-electron chi connectivity index (χ3n) is 6.52. The predicted octanol–water partition coefficient (Wildman–Crippen LogP) is 3.30. The third kappa shape index (κ3) is 5.99. The zero-order valence-corrected chi connectivity index (χ0v) is 19.3. The van der Waals surface area contributed by atoms with Crippen LogP contribution in [0.4, 0.5) is 14.6 Å². The molecule has 1 aromatic carbocycles. The van der Waals surface area contributed by atoms with Gasteiger partial charge < -0.3 is 14.7 Å². The fraction of sp³-hybridized carbons (Fsp3) is 0.522. The van der Waals surface area contributed by atoms with Gasteiger partial charge >= 0.3 is 0 Å². The molecule has 1 aliphatic carbocycles. The zero-order chi connectivity index (χ0) is 23.6. The minimum Gasteiger partial charge on any atom is -0.505 e. The lowest BCUT2D eigenvalue weighted by Gasteiger charge is -2.33. The van der Waals surface area contributed by atoms with Crippen molar-refractivity contribution in [2.75, 3.05) is 24.3 Å². The van der Waals surface area contributed by atoms with Crippen LogP contribution in [0, 0.1) is 11.6 Å². The zero-order valence-electron chi connectivity index (χ0n) is 18.5. The van der Waals surface area contributed by atoms with Gasteiger partial charge in [-0.25, -0.2) is 26.9 Å². The Balaban J connectivity index is 1.41. The maximum absolute atomic E-state index is 13.6. The van der Waals surface area contributed by atoms with Gasteiger partial charge in [-0.05, 0) is 55.7 Å². The number of hydrogen-bond acceptors (Lipinski definition) is 6. The molecule has 2 N–H and O–H groups in total. The Morgan fingerprint density at radius 3 is 2.61 bits per heavy atom. The van der Waals surface area contributed by atoms with Crippen molar-refractivity contribution in [3.05, 3.63) is 53.7 Å². The van der Waals surface area contributed by atoms with Crippen molar-refractivity contribution < 1.29 is 27.0 Å². The molecule has 7 nitrogen and oxygen atoms in total. The van der Waals surface area contributed by atoms with E-state index in [0.717, 1.165) is 43.7 Å². The first-order chi connectivity index (χ1) is 15.7. The summed E-state index contributed by atoms with van der Waals surface area (Å²) < 4.78 is 59.7. The SMILES string of the molecule is CS(=O)(=O)N[C@H]1CCN(c2cc(O)c(F)cn2)[C@H]1CO[C@H]1CC[C@@H](c2cccc(F)c2)CC1. The van der Waals surface area contributed by atoms with Gasteiger partial charge in [0.2, 0.25) is 10.0 Å². The van der Waals surface area contributed by atoms with Crippen molar-refractivity contribution in [2.24, 2.45) is 0 Å². The van der Waals surface area contributed by atoms with E-state index in [1.54, 1.807) is 12.1 Å². The number of rotatable bonds is 7. The highest BCUT2D eigenvalue weighted by molar-refractivity contribution is 7.88. The van der Waals surface area contributed by atoms with Crippen LogP contribution >= 0.6 is 0 Å². The van der Waals surface area contributed by atoms with Gasteiger partial charge in [-0.1, -0.05) is 12.1 Å². The minimum absolute atomic E-state index is 0.0192. The summed E-state index contributed by atoms with van der Waals surface area (Å²) in [6.45, 7) is 0.758. The monoisotopic (exact) mass is 481 g/mol. The first-order valence-electron chi connectivity index (χ1n) is 11.1. The topological polar surface area (TPSA) is 91.8 Å². The summed E-state index contributed by atoms with van der Waals surface area (Å²) in [5, 5.41) is 9.76. The van der Waals surface area contributed by atoms with Crippen LogP contribution in [-0.2, 0) is 14.8 Å². The molecule has 1 saturated carbocycles. The second-order valence-corrected chi connectivity index (χ2v) is 10.7. The van der Waals surface area contributed by atoms with E-state index in [4.69, 9.17) is 4.74 Å². The number of nitrogens with zero attached hydrogens (tertiary/aromatic N) is 2. The van der Waals surface area contributed by atoms with Crippen molar-refractivity contribution in [2.45, 2.75) is 56.2 Å². The molecular formula is C23H29F2N3O4S. The van der Waals surface area contributed by atoms with Crippen molar-refractivity contribution in [3.63, 3.8) is 0 Å². The number of benzene rings is 1. The second-order valence-electron chi connectivity index (χ2n) is 8.90. The predicted molar refractivity (Wildman–Crippen MR) is 121 cm³/mol. The fourth-order valence-electron chi connectivity index (χ4n) is 4.89. The smallest absolute Gasteiger partial charge is 0.209 e. The van der Waals surface area contributed by atoms with Crippen LogP contribution in [-0.4, -0.2) is 56.1 Å². The van der Waals surface area contributed by atoms with Gasteiger partial charge in [0.1, 0.15) is 11.6 Å². The van der Waals surface area contributed by atoms with Gasteiger partial charge in [-0.3, -0.25) is 0 Å². The molecule has 0 radical (unpaired) electrons. The van der Waals surface area contributed by atoms with Gasteiger partial charge in [0.15, 0.2) is 11.6 Å². The molecule has 1 aromatic heterocycles. The summed E-state index contributed by atoms with van der Waals surface area (Å²) in [5.41, 5.74) is 1.01. The van der Waals surface area contributed by atoms with E-state index < -0.39 is 27.6 Å². The number of sulfonamides is 1. The molecule has 0 spiro atoms. The van der Waals surface area contributed by atoms with E-state index in [-0.39, 0.29) is 24.6 Å². The first-order valence-corrected chi connectivity index (χ1v) is 13.0. The van der Waals surface area contributed by atoms with E-state index in [1.807, 2.05) is 11.0 Å². The van der Waals surface area contributed by atoms with Crippen LogP contribution in [0.15, 0.2) is 36.5 Å². The third-order valence-corrected chi connectivity index (χ3v) is 7.25. The van der Waals surface area contributed by atoms with E-state index >= 15 is 0 Å². The van der Waals surface area contributed by atoms with E-state index in [9.17, 15) is 22.3 Å². The van der Waals surface area contributed by atoms with Crippen LogP contribution in [0.2, 0.25) is 0 Å². The highest BCUT2D eigenvalue weighted by Crippen LogP contribution is 2.35. The molecule has 4 rings (SSSR count). The van der Waals surface area contributed by atoms with E-state index in [1.165, 1.54) is 12.1 Å². The first kappa shape index (κ1) is 23.8. The van der Waals surface area contributed by atoms with Gasteiger partial charge in [0.25, 0.3) is 0 Å². The molecule has 0 bridgehead atoms. The Bertz CT molecular complexity index is 1080. The highest BCUT2D eigenvalue weighted by atomic mass is 32.2. The lowest BCUT2D eigenvalue weighted by molar-refractivity contribution is 0.0156. The number of nitrogens with one attached hydrogen (secondary N) is 1. The standard InChI is InChI=1S/C23H29F2N3O4S/c1-33(30,31)27-20-9-10-28(23-12-22(29)19(25)13-26-23)21(20)14-32-18-7-5-15(6-8-18)16-3-2-4-17(24)11-16/h2-4,11-13,15,18,20-21,27H,5-10,14H2,1H3,(H,26,29)/t15-,18+,20-,21-/m0/s1. The van der Waals surface area contributed by atoms with E-state index in [0.29, 0.717) is 24.7 Å². The van der Waals surface area contributed by atoms with Crippen LogP contribution in [0.25, 0.3) is 0 Å². The van der Waals surface area contributed by atoms with Crippen LogP contribution in [0.3, 0.4) is 0 Å². The van der Waals surface area contributed by atoms with Crippen LogP contribution in [0.1, 0.15) is 43.6 Å². The van der Waals surface area contributed by atoms with Gasteiger partial charge in [0.05, 0.1) is 31.2 Å². The average molecular weight is 482 g/mol. The quantitative estimate of drug-likeness (QED) is 0.631. The Labute approximate surface area is 192 Å². The van der Waals surface area contributed by atoms with Crippen molar-refractivity contribution in [1.82, 2.24) is 9.71 Å². The van der Waals surface area contributed by atoms with Gasteiger partial charge in [-0.2, -0.15) is 0 Å². The lowest BCUT2D eigenvalue weighted by Crippen LogP contribution is -2.48. The number of anilines is 1. The van der Waals surface area contributed by atoms with Crippen LogP contribution in [0.5, 0.6) is 5.75 Å². The lowest BCUT2D eigenvalue weighted by atomic mass is 9.82. The Kier molecular flexibility index (Phi) is 7.16. The Morgan fingerprint density at radius 2 is 1.94 bits per heavy atom. The normalized spacial score (nSPS) is 26.0. The average Bonchev–Trinajstić information content (AvgIpc) is 3.15. The summed E-state index contributed by atoms with van der Waals surface area (Å²) in [4.78, 5) is 5.92. The molecule has 2 fully saturated rings. The number of ether oxygens (including phenoxy) is 1. The number of aromatic hydroxyl groups is 1. The second kappa shape index (κ2) is 9.90. The van der Waals surface area contributed by atoms with Crippen molar-refractivity contribution >= 4 is 15.8 Å². The Hall–Kier alpha value is -2.30. The molecule has 0 amide bonds. The molecule has 0 unspecified atom stereocenters. The molecule has 33 heavy (non-hydrogen) atoms.